The molecule has 13 heavy (non-hydrogen) atoms. The summed E-state index contributed by atoms with van der Waals surface area (Å²) in [5, 5.41) is -0.527. The zero-order chi connectivity index (χ0) is 10.0. The number of anilines is 2. The van der Waals surface area contributed by atoms with Gasteiger partial charge in [-0.3, -0.25) is 4.79 Å². The molecule has 0 heterocycles. The minimum atomic E-state index is -0.527. The highest BCUT2D eigenvalue weighted by molar-refractivity contribution is 6.68. The standard InChI is InChI=1S/C9H11ClN2O/c1-12(2)6-3-4-8(11)7(5-6)9(10)13/h3-5H,11H2,1-2H3. The Bertz CT molecular complexity index is 336. The first kappa shape index (κ1) is 9.86. The molecule has 0 bridgehead atoms. The lowest BCUT2D eigenvalue weighted by Crippen LogP contribution is -2.10. The number of nitrogens with two attached hydrogens (primary N) is 1. The van der Waals surface area contributed by atoms with E-state index in [0.717, 1.165) is 5.69 Å². The molecule has 2 N–H and O–H groups in total. The van der Waals surface area contributed by atoms with Gasteiger partial charge >= 0.3 is 0 Å². The van der Waals surface area contributed by atoms with Crippen molar-refractivity contribution in [1.82, 2.24) is 0 Å². The van der Waals surface area contributed by atoms with E-state index in [9.17, 15) is 4.79 Å². The van der Waals surface area contributed by atoms with Crippen LogP contribution >= 0.6 is 11.6 Å². The highest BCUT2D eigenvalue weighted by Gasteiger charge is 2.07. The van der Waals surface area contributed by atoms with Crippen molar-refractivity contribution in [3.8, 4) is 0 Å². The second-order valence-electron chi connectivity index (χ2n) is 2.94. The predicted molar refractivity (Wildman–Crippen MR) is 55.4 cm³/mol. The molecule has 0 aliphatic heterocycles. The van der Waals surface area contributed by atoms with Crippen LogP contribution < -0.4 is 10.6 Å². The summed E-state index contributed by atoms with van der Waals surface area (Å²) in [6.07, 6.45) is 0. The molecule has 1 aromatic rings. The van der Waals surface area contributed by atoms with Crippen molar-refractivity contribution in [2.75, 3.05) is 24.7 Å². The van der Waals surface area contributed by atoms with E-state index < -0.39 is 5.24 Å². The molecule has 1 aromatic carbocycles. The first-order chi connectivity index (χ1) is 6.02. The summed E-state index contributed by atoms with van der Waals surface area (Å²) >= 11 is 5.35. The van der Waals surface area contributed by atoms with Gasteiger partial charge in [0, 0.05) is 25.5 Å². The number of hydrogen-bond acceptors (Lipinski definition) is 3. The summed E-state index contributed by atoms with van der Waals surface area (Å²) in [6.45, 7) is 0. The van der Waals surface area contributed by atoms with E-state index in [1.54, 1.807) is 12.1 Å². The number of nitrogen functional groups attached to an aromatic ring is 1. The van der Waals surface area contributed by atoms with Crippen LogP contribution in [0.25, 0.3) is 0 Å². The summed E-state index contributed by atoms with van der Waals surface area (Å²) in [6, 6.07) is 5.17. The maximum absolute atomic E-state index is 10.9. The molecule has 70 valence electrons. The van der Waals surface area contributed by atoms with Gasteiger partial charge in [0.25, 0.3) is 5.24 Å². The average molecular weight is 199 g/mol. The lowest BCUT2D eigenvalue weighted by atomic mass is 10.1. The molecule has 3 nitrogen and oxygen atoms in total. The Morgan fingerprint density at radius 1 is 1.46 bits per heavy atom. The van der Waals surface area contributed by atoms with Gasteiger partial charge in [-0.25, -0.2) is 0 Å². The second kappa shape index (κ2) is 3.66. The first-order valence-electron chi connectivity index (χ1n) is 3.79. The lowest BCUT2D eigenvalue weighted by Gasteiger charge is -2.13. The van der Waals surface area contributed by atoms with Gasteiger partial charge in [0.05, 0.1) is 5.56 Å². The molecule has 0 saturated heterocycles. The van der Waals surface area contributed by atoms with E-state index in [2.05, 4.69) is 0 Å². The van der Waals surface area contributed by atoms with Crippen molar-refractivity contribution in [1.29, 1.82) is 0 Å². The van der Waals surface area contributed by atoms with Gasteiger partial charge in [-0.2, -0.15) is 0 Å². The lowest BCUT2D eigenvalue weighted by molar-refractivity contribution is 0.108. The normalized spacial score (nSPS) is 9.77. The number of hydrogen-bond donors (Lipinski definition) is 1. The van der Waals surface area contributed by atoms with Crippen LogP contribution in [0.15, 0.2) is 18.2 Å². The Morgan fingerprint density at radius 2 is 2.08 bits per heavy atom. The van der Waals surface area contributed by atoms with Crippen molar-refractivity contribution < 1.29 is 4.79 Å². The quantitative estimate of drug-likeness (QED) is 0.582. The summed E-state index contributed by atoms with van der Waals surface area (Å²) in [4.78, 5) is 12.8. The van der Waals surface area contributed by atoms with E-state index in [1.165, 1.54) is 0 Å². The van der Waals surface area contributed by atoms with Crippen molar-refractivity contribution in [3.63, 3.8) is 0 Å². The van der Waals surface area contributed by atoms with Gasteiger partial charge < -0.3 is 10.6 Å². The highest BCUT2D eigenvalue weighted by atomic mass is 35.5. The van der Waals surface area contributed by atoms with Crippen molar-refractivity contribution in [2.45, 2.75) is 0 Å². The van der Waals surface area contributed by atoms with Gasteiger partial charge in [-0.15, -0.1) is 0 Å². The topological polar surface area (TPSA) is 46.3 Å². The predicted octanol–water partition coefficient (Wildman–Crippen LogP) is 1.71. The van der Waals surface area contributed by atoms with E-state index in [0.29, 0.717) is 11.3 Å². The third-order valence-electron chi connectivity index (χ3n) is 1.77. The number of nitrogens with zero attached hydrogens (tertiary/aromatic N) is 1. The monoisotopic (exact) mass is 198 g/mol. The number of halogens is 1. The minimum absolute atomic E-state index is 0.355. The van der Waals surface area contributed by atoms with Crippen LogP contribution in [0.5, 0.6) is 0 Å². The molecule has 0 amide bonds. The van der Waals surface area contributed by atoms with Gasteiger partial charge in [0.15, 0.2) is 0 Å². The maximum Gasteiger partial charge on any atom is 0.254 e. The molecular formula is C9H11ClN2O. The molecular weight excluding hydrogens is 188 g/mol. The number of benzene rings is 1. The Morgan fingerprint density at radius 3 is 2.54 bits per heavy atom. The Kier molecular flexibility index (Phi) is 2.78. The summed E-state index contributed by atoms with van der Waals surface area (Å²) in [7, 11) is 3.77. The van der Waals surface area contributed by atoms with Crippen molar-refractivity contribution in [3.05, 3.63) is 23.8 Å². The largest absolute Gasteiger partial charge is 0.398 e. The van der Waals surface area contributed by atoms with E-state index in [-0.39, 0.29) is 0 Å². The molecule has 1 rings (SSSR count). The Balaban J connectivity index is 3.19. The average Bonchev–Trinajstić information content (AvgIpc) is 2.04. The van der Waals surface area contributed by atoms with E-state index in [1.807, 2.05) is 25.1 Å². The van der Waals surface area contributed by atoms with Crippen LogP contribution in [-0.2, 0) is 0 Å². The van der Waals surface area contributed by atoms with Crippen LogP contribution in [0.4, 0.5) is 11.4 Å². The number of rotatable bonds is 2. The van der Waals surface area contributed by atoms with Crippen LogP contribution in [0.3, 0.4) is 0 Å². The molecule has 0 aliphatic rings. The van der Waals surface area contributed by atoms with Crippen molar-refractivity contribution >= 4 is 28.2 Å². The van der Waals surface area contributed by atoms with Crippen LogP contribution in [0, 0.1) is 0 Å². The fourth-order valence-electron chi connectivity index (χ4n) is 0.993. The smallest absolute Gasteiger partial charge is 0.254 e. The fourth-order valence-corrected chi connectivity index (χ4v) is 1.16. The molecule has 0 fully saturated rings. The summed E-state index contributed by atoms with van der Waals surface area (Å²) < 4.78 is 0. The molecule has 0 aliphatic carbocycles. The zero-order valence-corrected chi connectivity index (χ0v) is 8.30. The van der Waals surface area contributed by atoms with Gasteiger partial charge in [0.1, 0.15) is 0 Å². The zero-order valence-electron chi connectivity index (χ0n) is 7.54. The molecule has 0 saturated carbocycles. The van der Waals surface area contributed by atoms with Crippen molar-refractivity contribution in [2.24, 2.45) is 0 Å². The Labute approximate surface area is 82.1 Å². The minimum Gasteiger partial charge on any atom is -0.398 e. The van der Waals surface area contributed by atoms with Crippen LogP contribution in [0.2, 0.25) is 0 Å². The van der Waals surface area contributed by atoms with Crippen LogP contribution in [-0.4, -0.2) is 19.3 Å². The van der Waals surface area contributed by atoms with E-state index in [4.69, 9.17) is 17.3 Å². The highest BCUT2D eigenvalue weighted by Crippen LogP contribution is 2.20. The molecule has 0 spiro atoms. The maximum atomic E-state index is 10.9. The molecule has 4 heteroatoms. The van der Waals surface area contributed by atoms with Gasteiger partial charge in [-0.1, -0.05) is 0 Å². The number of carbonyl (C=O) groups excluding carboxylic acids is 1. The number of carbonyl (C=O) groups is 1. The Hall–Kier alpha value is -1.22. The molecule has 0 atom stereocenters. The fraction of sp³-hybridized carbons (Fsp3) is 0.222. The summed E-state index contributed by atoms with van der Waals surface area (Å²) in [5.74, 6) is 0. The molecule has 0 unspecified atom stereocenters. The molecule has 0 aromatic heterocycles. The third kappa shape index (κ3) is 2.12. The summed E-state index contributed by atoms with van der Waals surface area (Å²) in [5.41, 5.74) is 7.23. The van der Waals surface area contributed by atoms with Crippen LogP contribution in [0.1, 0.15) is 10.4 Å². The second-order valence-corrected chi connectivity index (χ2v) is 3.28. The van der Waals surface area contributed by atoms with E-state index >= 15 is 0 Å². The van der Waals surface area contributed by atoms with Gasteiger partial charge in [-0.05, 0) is 29.8 Å². The van der Waals surface area contributed by atoms with Gasteiger partial charge in [0.2, 0.25) is 0 Å². The SMILES string of the molecule is CN(C)c1ccc(N)c(C(=O)Cl)c1. The molecule has 0 radical (unpaired) electrons. The third-order valence-corrected chi connectivity index (χ3v) is 1.97. The first-order valence-corrected chi connectivity index (χ1v) is 4.17.